The van der Waals surface area contributed by atoms with Crippen molar-refractivity contribution in [1.82, 2.24) is 4.98 Å². The molecule has 3 aromatic rings. The van der Waals surface area contributed by atoms with E-state index in [1.807, 2.05) is 36.4 Å². The summed E-state index contributed by atoms with van der Waals surface area (Å²) >= 11 is 0. The van der Waals surface area contributed by atoms with Crippen LogP contribution >= 0.6 is 0 Å². The van der Waals surface area contributed by atoms with Gasteiger partial charge in [-0.1, -0.05) is 0 Å². The summed E-state index contributed by atoms with van der Waals surface area (Å²) in [5, 5.41) is 13.6. The molecule has 0 radical (unpaired) electrons. The third kappa shape index (κ3) is 2.76. The maximum absolute atomic E-state index is 9.47. The summed E-state index contributed by atoms with van der Waals surface area (Å²) in [6, 6.07) is 13.4. The van der Waals surface area contributed by atoms with E-state index in [1.165, 1.54) is 0 Å². The molecule has 25 heavy (non-hydrogen) atoms. The van der Waals surface area contributed by atoms with Crippen LogP contribution in [-0.4, -0.2) is 25.3 Å². The van der Waals surface area contributed by atoms with E-state index in [0.717, 1.165) is 22.3 Å². The lowest BCUT2D eigenvalue weighted by Gasteiger charge is -2.19. The van der Waals surface area contributed by atoms with Crippen LogP contribution in [-0.2, 0) is 0 Å². The zero-order valence-electron chi connectivity index (χ0n) is 13.6. The number of benzene rings is 2. The maximum Gasteiger partial charge on any atom is 0.163 e. The Balaban J connectivity index is 1.81. The predicted molar refractivity (Wildman–Crippen MR) is 93.7 cm³/mol. The van der Waals surface area contributed by atoms with Gasteiger partial charge in [-0.15, -0.1) is 0 Å². The van der Waals surface area contributed by atoms with Gasteiger partial charge in [-0.2, -0.15) is 5.26 Å². The number of pyridine rings is 1. The topological polar surface area (TPSA) is 76.4 Å². The Morgan fingerprint density at radius 1 is 1.12 bits per heavy atom. The van der Waals surface area contributed by atoms with Crippen molar-refractivity contribution in [3.8, 4) is 23.3 Å². The molecule has 4 rings (SSSR count). The van der Waals surface area contributed by atoms with Crippen molar-refractivity contribution in [3.05, 3.63) is 48.2 Å². The first kappa shape index (κ1) is 15.1. The van der Waals surface area contributed by atoms with E-state index in [9.17, 15) is 5.26 Å². The second-order valence-corrected chi connectivity index (χ2v) is 5.53. The number of methoxy groups -OCH3 is 1. The van der Waals surface area contributed by atoms with Gasteiger partial charge < -0.3 is 19.5 Å². The third-order valence-corrected chi connectivity index (χ3v) is 4.01. The van der Waals surface area contributed by atoms with E-state index < -0.39 is 0 Å². The van der Waals surface area contributed by atoms with Gasteiger partial charge in [-0.25, -0.2) is 0 Å². The van der Waals surface area contributed by atoms with Crippen LogP contribution in [0.1, 0.15) is 5.56 Å². The van der Waals surface area contributed by atoms with Gasteiger partial charge in [0.25, 0.3) is 0 Å². The molecule has 1 aliphatic rings. The van der Waals surface area contributed by atoms with Crippen molar-refractivity contribution in [2.24, 2.45) is 0 Å². The molecule has 2 heterocycles. The van der Waals surface area contributed by atoms with Gasteiger partial charge in [0.05, 0.1) is 23.9 Å². The van der Waals surface area contributed by atoms with Crippen molar-refractivity contribution >= 4 is 22.3 Å². The number of rotatable bonds is 3. The summed E-state index contributed by atoms with van der Waals surface area (Å²) in [6.07, 6.45) is 1.56. The Morgan fingerprint density at radius 2 is 1.96 bits per heavy atom. The number of hydrogen-bond acceptors (Lipinski definition) is 6. The second-order valence-electron chi connectivity index (χ2n) is 5.53. The zero-order valence-corrected chi connectivity index (χ0v) is 13.6. The number of nitrogens with zero attached hydrogens (tertiary/aromatic N) is 2. The lowest BCUT2D eigenvalue weighted by atomic mass is 10.1. The van der Waals surface area contributed by atoms with Gasteiger partial charge in [0, 0.05) is 23.3 Å². The monoisotopic (exact) mass is 333 g/mol. The van der Waals surface area contributed by atoms with Gasteiger partial charge in [-0.05, 0) is 30.3 Å². The van der Waals surface area contributed by atoms with Gasteiger partial charge >= 0.3 is 0 Å². The number of aromatic nitrogens is 1. The van der Waals surface area contributed by atoms with Gasteiger partial charge in [0.2, 0.25) is 0 Å². The van der Waals surface area contributed by atoms with E-state index in [-0.39, 0.29) is 0 Å². The van der Waals surface area contributed by atoms with Gasteiger partial charge in [0.1, 0.15) is 25.0 Å². The van der Waals surface area contributed by atoms with Crippen molar-refractivity contribution in [2.45, 2.75) is 0 Å². The molecule has 1 aliphatic heterocycles. The number of nitrogens with one attached hydrogen (secondary N) is 1. The van der Waals surface area contributed by atoms with Gasteiger partial charge in [0.15, 0.2) is 11.5 Å². The van der Waals surface area contributed by atoms with E-state index in [2.05, 4.69) is 16.4 Å². The minimum absolute atomic E-state index is 0.454. The quantitative estimate of drug-likeness (QED) is 0.789. The summed E-state index contributed by atoms with van der Waals surface area (Å²) in [7, 11) is 1.61. The normalized spacial score (nSPS) is 12.5. The average molecular weight is 333 g/mol. The van der Waals surface area contributed by atoms with Crippen LogP contribution in [0.3, 0.4) is 0 Å². The average Bonchev–Trinajstić information content (AvgIpc) is 2.67. The molecular weight excluding hydrogens is 318 g/mol. The van der Waals surface area contributed by atoms with Crippen LogP contribution in [0.5, 0.6) is 17.2 Å². The Bertz CT molecular complexity index is 995. The standard InChI is InChI=1S/C19H15N3O3/c1-23-14-3-4-16-15(9-14)19(12(10-20)11-21-16)22-13-2-5-17-18(8-13)25-7-6-24-17/h2-5,8-9,11H,6-7H2,1H3,(H,21,22). The van der Waals surface area contributed by atoms with Crippen molar-refractivity contribution < 1.29 is 14.2 Å². The second kappa shape index (κ2) is 6.21. The summed E-state index contributed by atoms with van der Waals surface area (Å²) < 4.78 is 16.5. The van der Waals surface area contributed by atoms with E-state index in [1.54, 1.807) is 13.3 Å². The first-order valence-corrected chi connectivity index (χ1v) is 7.82. The minimum atomic E-state index is 0.454. The highest BCUT2D eigenvalue weighted by atomic mass is 16.6. The molecule has 0 atom stereocenters. The molecular formula is C19H15N3O3. The zero-order chi connectivity index (χ0) is 17.2. The van der Waals surface area contributed by atoms with Crippen LogP contribution in [0.15, 0.2) is 42.6 Å². The van der Waals surface area contributed by atoms with E-state index in [4.69, 9.17) is 14.2 Å². The molecule has 0 aliphatic carbocycles. The number of ether oxygens (including phenoxy) is 3. The summed E-state index contributed by atoms with van der Waals surface area (Å²) in [4.78, 5) is 4.34. The largest absolute Gasteiger partial charge is 0.497 e. The lowest BCUT2D eigenvalue weighted by Crippen LogP contribution is -2.15. The van der Waals surface area contributed by atoms with E-state index in [0.29, 0.717) is 36.0 Å². The molecule has 6 heteroatoms. The van der Waals surface area contributed by atoms with Crippen molar-refractivity contribution in [3.63, 3.8) is 0 Å². The molecule has 0 spiro atoms. The smallest absolute Gasteiger partial charge is 0.163 e. The first-order chi connectivity index (χ1) is 12.3. The molecule has 0 unspecified atom stereocenters. The number of fused-ring (bicyclic) bond motifs is 2. The van der Waals surface area contributed by atoms with Gasteiger partial charge in [-0.3, -0.25) is 4.98 Å². The molecule has 6 nitrogen and oxygen atoms in total. The van der Waals surface area contributed by atoms with Crippen molar-refractivity contribution in [1.29, 1.82) is 5.26 Å². The molecule has 0 fully saturated rings. The summed E-state index contributed by atoms with van der Waals surface area (Å²) in [5.41, 5.74) is 2.72. The third-order valence-electron chi connectivity index (χ3n) is 4.01. The molecule has 1 aromatic heterocycles. The van der Waals surface area contributed by atoms with E-state index >= 15 is 0 Å². The van der Waals surface area contributed by atoms with Crippen LogP contribution in [0, 0.1) is 11.3 Å². The highest BCUT2D eigenvalue weighted by molar-refractivity contribution is 5.96. The number of anilines is 2. The molecule has 0 bridgehead atoms. The Kier molecular flexibility index (Phi) is 3.75. The molecule has 2 aromatic carbocycles. The molecule has 0 saturated carbocycles. The number of nitriles is 1. The lowest BCUT2D eigenvalue weighted by molar-refractivity contribution is 0.171. The highest BCUT2D eigenvalue weighted by Gasteiger charge is 2.14. The summed E-state index contributed by atoms with van der Waals surface area (Å²) in [5.74, 6) is 2.11. The minimum Gasteiger partial charge on any atom is -0.497 e. The fraction of sp³-hybridized carbons (Fsp3) is 0.158. The fourth-order valence-corrected chi connectivity index (χ4v) is 2.78. The predicted octanol–water partition coefficient (Wildman–Crippen LogP) is 3.63. The summed E-state index contributed by atoms with van der Waals surface area (Å²) in [6.45, 7) is 1.07. The molecule has 0 saturated heterocycles. The maximum atomic E-state index is 9.47. The molecule has 1 N–H and O–H groups in total. The Labute approximate surface area is 144 Å². The van der Waals surface area contributed by atoms with Crippen LogP contribution < -0.4 is 19.5 Å². The fourth-order valence-electron chi connectivity index (χ4n) is 2.78. The molecule has 0 amide bonds. The molecule has 124 valence electrons. The first-order valence-electron chi connectivity index (χ1n) is 7.82. The van der Waals surface area contributed by atoms with Crippen LogP contribution in [0.2, 0.25) is 0 Å². The Morgan fingerprint density at radius 3 is 2.76 bits per heavy atom. The Hall–Kier alpha value is -3.46. The highest BCUT2D eigenvalue weighted by Crippen LogP contribution is 2.36. The van der Waals surface area contributed by atoms with Crippen LogP contribution in [0.25, 0.3) is 10.9 Å². The van der Waals surface area contributed by atoms with Crippen molar-refractivity contribution in [2.75, 3.05) is 25.6 Å². The SMILES string of the molecule is COc1ccc2ncc(C#N)c(Nc3ccc4c(c3)OCCO4)c2c1. The van der Waals surface area contributed by atoms with Crippen LogP contribution in [0.4, 0.5) is 11.4 Å². The number of hydrogen-bond donors (Lipinski definition) is 1.